The zero-order valence-corrected chi connectivity index (χ0v) is 11.8. The molecule has 0 saturated heterocycles. The quantitative estimate of drug-likeness (QED) is 0.510. The summed E-state index contributed by atoms with van der Waals surface area (Å²) in [5, 5.41) is 10.6. The van der Waals surface area contributed by atoms with E-state index in [1.54, 1.807) is 12.1 Å². The maximum absolute atomic E-state index is 11.6. The summed E-state index contributed by atoms with van der Waals surface area (Å²) in [4.78, 5) is 14.2. The zero-order chi connectivity index (χ0) is 14.5. The highest BCUT2D eigenvalue weighted by molar-refractivity contribution is 7.12. The first-order chi connectivity index (χ1) is 9.65. The number of carbonyl (C=O) groups excluding carboxylic acids is 1. The molecule has 5 nitrogen and oxygen atoms in total. The molecule has 1 amide bonds. The number of amides is 1. The number of rotatable bonds is 4. The molecule has 0 radical (unpaired) electrons. The van der Waals surface area contributed by atoms with Crippen LogP contribution in [0.5, 0.6) is 0 Å². The molecule has 0 bridgehead atoms. The predicted molar refractivity (Wildman–Crippen MR) is 79.2 cm³/mol. The number of anilines is 1. The molecule has 0 atom stereocenters. The van der Waals surface area contributed by atoms with Gasteiger partial charge in [0.1, 0.15) is 0 Å². The van der Waals surface area contributed by atoms with Crippen LogP contribution in [0.1, 0.15) is 20.8 Å². The van der Waals surface area contributed by atoms with E-state index in [0.717, 1.165) is 11.3 Å². The molecule has 102 valence electrons. The van der Waals surface area contributed by atoms with Gasteiger partial charge in [0, 0.05) is 19.3 Å². The Morgan fingerprint density at radius 3 is 2.70 bits per heavy atom. The van der Waals surface area contributed by atoms with Crippen LogP contribution in [-0.4, -0.2) is 13.0 Å². The Morgan fingerprint density at radius 1 is 1.40 bits per heavy atom. The van der Waals surface area contributed by atoms with Gasteiger partial charge in [-0.25, -0.2) is 5.84 Å². The fourth-order valence-corrected chi connectivity index (χ4v) is 2.68. The van der Waals surface area contributed by atoms with Gasteiger partial charge >= 0.3 is 0 Å². The second-order valence-corrected chi connectivity index (χ2v) is 5.18. The van der Waals surface area contributed by atoms with E-state index in [1.165, 1.54) is 11.3 Å². The van der Waals surface area contributed by atoms with Crippen LogP contribution in [0.15, 0.2) is 35.7 Å². The average Bonchev–Trinajstić information content (AvgIpc) is 2.94. The van der Waals surface area contributed by atoms with Crippen LogP contribution in [0.3, 0.4) is 0 Å². The van der Waals surface area contributed by atoms with E-state index in [0.29, 0.717) is 17.0 Å². The molecule has 20 heavy (non-hydrogen) atoms. The summed E-state index contributed by atoms with van der Waals surface area (Å²) >= 11 is 1.36. The maximum atomic E-state index is 11.6. The summed E-state index contributed by atoms with van der Waals surface area (Å²) < 4.78 is 0. The summed E-state index contributed by atoms with van der Waals surface area (Å²) in [6, 6.07) is 11.3. The van der Waals surface area contributed by atoms with Crippen LogP contribution in [0.4, 0.5) is 5.69 Å². The smallest absolute Gasteiger partial charge is 0.275 e. The number of nitrogens with zero attached hydrogens (tertiary/aromatic N) is 2. The van der Waals surface area contributed by atoms with Crippen molar-refractivity contribution in [1.29, 1.82) is 5.26 Å². The van der Waals surface area contributed by atoms with E-state index in [4.69, 9.17) is 11.1 Å². The van der Waals surface area contributed by atoms with Crippen LogP contribution in [-0.2, 0) is 6.54 Å². The van der Waals surface area contributed by atoms with Crippen molar-refractivity contribution in [2.45, 2.75) is 6.54 Å². The summed E-state index contributed by atoms with van der Waals surface area (Å²) in [6.07, 6.45) is 0. The molecule has 6 heteroatoms. The van der Waals surface area contributed by atoms with E-state index in [2.05, 4.69) is 11.5 Å². The monoisotopic (exact) mass is 286 g/mol. The Balaban J connectivity index is 2.15. The molecule has 0 unspecified atom stereocenters. The Labute approximate surface area is 121 Å². The second-order valence-electron chi connectivity index (χ2n) is 4.26. The molecule has 0 spiro atoms. The molecule has 1 aromatic heterocycles. The first-order valence-electron chi connectivity index (χ1n) is 5.94. The van der Waals surface area contributed by atoms with Crippen molar-refractivity contribution >= 4 is 22.9 Å². The number of hydrazine groups is 1. The number of hydrogen-bond acceptors (Lipinski definition) is 5. The Morgan fingerprint density at radius 2 is 2.10 bits per heavy atom. The SMILES string of the molecule is CN(Cc1ccsc1C(=O)NN)c1ccc(C#N)cc1. The molecule has 2 aromatic rings. The van der Waals surface area contributed by atoms with E-state index < -0.39 is 0 Å². The standard InChI is InChI=1S/C14H14N4OS/c1-18(12-4-2-10(8-15)3-5-12)9-11-6-7-20-13(11)14(19)17-16/h2-7H,9,16H2,1H3,(H,17,19). The van der Waals surface area contributed by atoms with Crippen molar-refractivity contribution in [2.75, 3.05) is 11.9 Å². The van der Waals surface area contributed by atoms with Gasteiger partial charge in [0.15, 0.2) is 0 Å². The molecular formula is C14H14N4OS. The number of thiophene rings is 1. The lowest BCUT2D eigenvalue weighted by Gasteiger charge is -2.19. The van der Waals surface area contributed by atoms with Crippen molar-refractivity contribution in [1.82, 2.24) is 5.43 Å². The fraction of sp³-hybridized carbons (Fsp3) is 0.143. The lowest BCUT2D eigenvalue weighted by Crippen LogP contribution is -2.30. The van der Waals surface area contributed by atoms with Crippen molar-refractivity contribution in [2.24, 2.45) is 5.84 Å². The van der Waals surface area contributed by atoms with Gasteiger partial charge in [-0.2, -0.15) is 5.26 Å². The predicted octanol–water partition coefficient (Wildman–Crippen LogP) is 1.86. The van der Waals surface area contributed by atoms with Gasteiger partial charge in [-0.05, 0) is 41.3 Å². The van der Waals surface area contributed by atoms with Crippen molar-refractivity contribution in [3.63, 3.8) is 0 Å². The molecule has 0 aliphatic carbocycles. The van der Waals surface area contributed by atoms with Crippen molar-refractivity contribution in [3.8, 4) is 6.07 Å². The molecule has 3 N–H and O–H groups in total. The number of nitrogen functional groups attached to an aromatic ring is 1. The molecule has 0 saturated carbocycles. The largest absolute Gasteiger partial charge is 0.370 e. The van der Waals surface area contributed by atoms with E-state index >= 15 is 0 Å². The van der Waals surface area contributed by atoms with Gasteiger partial charge in [-0.3, -0.25) is 10.2 Å². The minimum atomic E-state index is -0.275. The lowest BCUT2D eigenvalue weighted by atomic mass is 10.2. The van der Waals surface area contributed by atoms with Gasteiger partial charge in [0.05, 0.1) is 16.5 Å². The lowest BCUT2D eigenvalue weighted by molar-refractivity contribution is 0.0957. The third-order valence-corrected chi connectivity index (χ3v) is 3.88. The molecule has 0 aliphatic rings. The van der Waals surface area contributed by atoms with Gasteiger partial charge in [0.25, 0.3) is 5.91 Å². The first kappa shape index (κ1) is 14.1. The topological polar surface area (TPSA) is 82.2 Å². The van der Waals surface area contributed by atoms with Crippen LogP contribution >= 0.6 is 11.3 Å². The van der Waals surface area contributed by atoms with Crippen LogP contribution in [0, 0.1) is 11.3 Å². The minimum absolute atomic E-state index is 0.275. The first-order valence-corrected chi connectivity index (χ1v) is 6.82. The summed E-state index contributed by atoms with van der Waals surface area (Å²) in [6.45, 7) is 0.595. The highest BCUT2D eigenvalue weighted by Crippen LogP contribution is 2.21. The average molecular weight is 286 g/mol. The summed E-state index contributed by atoms with van der Waals surface area (Å²) in [5.74, 6) is 4.89. The van der Waals surface area contributed by atoms with Crippen molar-refractivity contribution < 1.29 is 4.79 Å². The van der Waals surface area contributed by atoms with Gasteiger partial charge < -0.3 is 4.90 Å². The fourth-order valence-electron chi connectivity index (χ4n) is 1.86. The van der Waals surface area contributed by atoms with Crippen molar-refractivity contribution in [3.05, 3.63) is 51.7 Å². The Bertz CT molecular complexity index is 642. The van der Waals surface area contributed by atoms with E-state index in [-0.39, 0.29) is 5.91 Å². The number of nitrogens with two attached hydrogens (primary N) is 1. The Hall–Kier alpha value is -2.36. The van der Waals surface area contributed by atoms with Gasteiger partial charge in [-0.1, -0.05) is 0 Å². The number of benzene rings is 1. The third kappa shape index (κ3) is 2.96. The number of nitriles is 1. The summed E-state index contributed by atoms with van der Waals surface area (Å²) in [5.41, 5.74) is 4.68. The Kier molecular flexibility index (Phi) is 4.35. The summed E-state index contributed by atoms with van der Waals surface area (Å²) in [7, 11) is 1.93. The number of hydrogen-bond donors (Lipinski definition) is 2. The maximum Gasteiger partial charge on any atom is 0.275 e. The second kappa shape index (κ2) is 6.19. The minimum Gasteiger partial charge on any atom is -0.370 e. The molecule has 0 fully saturated rings. The third-order valence-electron chi connectivity index (χ3n) is 2.93. The highest BCUT2D eigenvalue weighted by Gasteiger charge is 2.13. The van der Waals surface area contributed by atoms with Gasteiger partial charge in [-0.15, -0.1) is 11.3 Å². The molecule has 2 rings (SSSR count). The molecule has 1 aromatic carbocycles. The normalized spacial score (nSPS) is 9.85. The van der Waals surface area contributed by atoms with E-state index in [9.17, 15) is 4.79 Å². The molecule has 1 heterocycles. The molecule has 0 aliphatic heterocycles. The zero-order valence-electron chi connectivity index (χ0n) is 11.0. The van der Waals surface area contributed by atoms with Crippen LogP contribution in [0.2, 0.25) is 0 Å². The van der Waals surface area contributed by atoms with Crippen LogP contribution in [0.25, 0.3) is 0 Å². The highest BCUT2D eigenvalue weighted by atomic mass is 32.1. The van der Waals surface area contributed by atoms with Gasteiger partial charge in [0.2, 0.25) is 0 Å². The van der Waals surface area contributed by atoms with Crippen LogP contribution < -0.4 is 16.2 Å². The molecular weight excluding hydrogens is 272 g/mol. The number of carbonyl (C=O) groups is 1. The number of nitrogens with one attached hydrogen (secondary N) is 1. The van der Waals surface area contributed by atoms with E-state index in [1.807, 2.05) is 35.5 Å².